The van der Waals surface area contributed by atoms with Crippen molar-refractivity contribution in [1.82, 2.24) is 19.7 Å². The van der Waals surface area contributed by atoms with Crippen molar-refractivity contribution in [3.05, 3.63) is 41.9 Å². The Bertz CT molecular complexity index is 922. The Kier molecular flexibility index (Phi) is 3.17. The molecule has 1 fully saturated rings. The molecule has 7 heteroatoms. The average molecular weight is 306 g/mol. The summed E-state index contributed by atoms with van der Waals surface area (Å²) < 4.78 is 6.88. The van der Waals surface area contributed by atoms with Crippen LogP contribution in [-0.4, -0.2) is 39.0 Å². The predicted octanol–water partition coefficient (Wildman–Crippen LogP) is 1.81. The SMILES string of the molecule is Cc1cnc(-n2ncc3cc(C#N)cnc32)cc1NC1COC1. The van der Waals surface area contributed by atoms with E-state index in [1.807, 2.05) is 19.2 Å². The van der Waals surface area contributed by atoms with E-state index >= 15 is 0 Å². The Morgan fingerprint density at radius 2 is 2.13 bits per heavy atom. The number of nitrogens with zero attached hydrogens (tertiary/aromatic N) is 5. The fourth-order valence-electron chi connectivity index (χ4n) is 2.47. The summed E-state index contributed by atoms with van der Waals surface area (Å²) in [6.45, 7) is 3.46. The van der Waals surface area contributed by atoms with Crippen molar-refractivity contribution in [2.45, 2.75) is 13.0 Å². The van der Waals surface area contributed by atoms with Crippen LogP contribution in [0.5, 0.6) is 0 Å². The van der Waals surface area contributed by atoms with Crippen molar-refractivity contribution in [3.63, 3.8) is 0 Å². The van der Waals surface area contributed by atoms with E-state index in [0.29, 0.717) is 23.1 Å². The maximum Gasteiger partial charge on any atom is 0.164 e. The van der Waals surface area contributed by atoms with Crippen LogP contribution in [0.2, 0.25) is 0 Å². The molecule has 4 heterocycles. The first kappa shape index (κ1) is 13.7. The molecule has 0 radical (unpaired) electrons. The van der Waals surface area contributed by atoms with Crippen LogP contribution in [0.3, 0.4) is 0 Å². The van der Waals surface area contributed by atoms with Crippen LogP contribution >= 0.6 is 0 Å². The fourth-order valence-corrected chi connectivity index (χ4v) is 2.47. The van der Waals surface area contributed by atoms with Crippen LogP contribution in [0.15, 0.2) is 30.7 Å². The highest BCUT2D eigenvalue weighted by molar-refractivity contribution is 5.77. The van der Waals surface area contributed by atoms with Crippen molar-refractivity contribution in [2.24, 2.45) is 0 Å². The topological polar surface area (TPSA) is 88.7 Å². The summed E-state index contributed by atoms with van der Waals surface area (Å²) in [5, 5.41) is 17.6. The standard InChI is InChI=1S/C16H14N6O/c1-10-5-18-15(3-14(10)21-13-8-23-9-13)22-16-12(7-20-22)2-11(4-17)6-19-16/h2-3,5-7,13H,8-9H2,1H3,(H,18,21). The molecule has 0 spiro atoms. The van der Waals surface area contributed by atoms with Gasteiger partial charge in [0.25, 0.3) is 0 Å². The van der Waals surface area contributed by atoms with Gasteiger partial charge < -0.3 is 10.1 Å². The number of fused-ring (bicyclic) bond motifs is 1. The third kappa shape index (κ3) is 2.39. The lowest BCUT2D eigenvalue weighted by molar-refractivity contribution is 0.0211. The van der Waals surface area contributed by atoms with E-state index in [2.05, 4.69) is 26.5 Å². The van der Waals surface area contributed by atoms with Gasteiger partial charge >= 0.3 is 0 Å². The van der Waals surface area contributed by atoms with Gasteiger partial charge in [-0.05, 0) is 18.6 Å². The van der Waals surface area contributed by atoms with Crippen LogP contribution in [-0.2, 0) is 4.74 Å². The predicted molar refractivity (Wildman–Crippen MR) is 84.3 cm³/mol. The van der Waals surface area contributed by atoms with Crippen LogP contribution in [0.25, 0.3) is 16.9 Å². The molecular weight excluding hydrogens is 292 g/mol. The van der Waals surface area contributed by atoms with E-state index in [0.717, 1.165) is 29.9 Å². The molecule has 7 nitrogen and oxygen atoms in total. The van der Waals surface area contributed by atoms with Crippen molar-refractivity contribution >= 4 is 16.7 Å². The first-order valence-electron chi connectivity index (χ1n) is 7.30. The summed E-state index contributed by atoms with van der Waals surface area (Å²) in [6, 6.07) is 6.15. The molecule has 114 valence electrons. The number of hydrogen-bond donors (Lipinski definition) is 1. The van der Waals surface area contributed by atoms with Gasteiger partial charge in [0.05, 0.1) is 31.0 Å². The first-order chi connectivity index (χ1) is 11.2. The molecular formula is C16H14N6O. The van der Waals surface area contributed by atoms with Crippen LogP contribution in [0.4, 0.5) is 5.69 Å². The zero-order valence-electron chi connectivity index (χ0n) is 12.5. The monoisotopic (exact) mass is 306 g/mol. The minimum Gasteiger partial charge on any atom is -0.377 e. The van der Waals surface area contributed by atoms with Gasteiger partial charge in [0.1, 0.15) is 6.07 Å². The van der Waals surface area contributed by atoms with Gasteiger partial charge in [-0.1, -0.05) is 0 Å². The Balaban J connectivity index is 1.75. The molecule has 3 aromatic heterocycles. The lowest BCUT2D eigenvalue weighted by atomic mass is 10.2. The van der Waals surface area contributed by atoms with Crippen molar-refractivity contribution in [1.29, 1.82) is 5.26 Å². The van der Waals surface area contributed by atoms with Gasteiger partial charge in [0.15, 0.2) is 11.5 Å². The normalized spacial score (nSPS) is 14.4. The molecule has 0 aliphatic carbocycles. The quantitative estimate of drug-likeness (QED) is 0.794. The van der Waals surface area contributed by atoms with Crippen molar-refractivity contribution < 1.29 is 4.74 Å². The number of aromatic nitrogens is 4. The summed E-state index contributed by atoms with van der Waals surface area (Å²) in [5.74, 6) is 0.686. The zero-order valence-corrected chi connectivity index (χ0v) is 12.5. The zero-order chi connectivity index (χ0) is 15.8. The first-order valence-corrected chi connectivity index (χ1v) is 7.30. The third-order valence-electron chi connectivity index (χ3n) is 3.84. The van der Waals surface area contributed by atoms with Crippen molar-refractivity contribution in [3.8, 4) is 11.9 Å². The van der Waals surface area contributed by atoms with Crippen LogP contribution in [0.1, 0.15) is 11.1 Å². The summed E-state index contributed by atoms with van der Waals surface area (Å²) in [6.07, 6.45) is 5.05. The van der Waals surface area contributed by atoms with Gasteiger partial charge in [-0.3, -0.25) is 0 Å². The number of ether oxygens (including phenoxy) is 1. The minimum absolute atomic E-state index is 0.342. The van der Waals surface area contributed by atoms with E-state index in [-0.39, 0.29) is 0 Å². The summed E-state index contributed by atoms with van der Waals surface area (Å²) in [4.78, 5) is 8.78. The molecule has 3 aromatic rings. The van der Waals surface area contributed by atoms with Gasteiger partial charge in [-0.25, -0.2) is 9.97 Å². The highest BCUT2D eigenvalue weighted by Gasteiger charge is 2.19. The highest BCUT2D eigenvalue weighted by atomic mass is 16.5. The number of pyridine rings is 2. The van der Waals surface area contributed by atoms with Crippen LogP contribution < -0.4 is 5.32 Å². The Labute approximate surface area is 132 Å². The molecule has 0 aromatic carbocycles. The maximum atomic E-state index is 8.95. The van der Waals surface area contributed by atoms with Gasteiger partial charge in [0, 0.05) is 29.5 Å². The Hall–Kier alpha value is -2.98. The van der Waals surface area contributed by atoms with Gasteiger partial charge in [-0.15, -0.1) is 0 Å². The van der Waals surface area contributed by atoms with Gasteiger partial charge in [0.2, 0.25) is 0 Å². The van der Waals surface area contributed by atoms with Crippen molar-refractivity contribution in [2.75, 3.05) is 18.5 Å². The van der Waals surface area contributed by atoms with E-state index in [1.54, 1.807) is 23.1 Å². The summed E-state index contributed by atoms with van der Waals surface area (Å²) >= 11 is 0. The summed E-state index contributed by atoms with van der Waals surface area (Å²) in [7, 11) is 0. The van der Waals surface area contributed by atoms with E-state index in [1.165, 1.54) is 0 Å². The second-order valence-electron chi connectivity index (χ2n) is 5.54. The smallest absolute Gasteiger partial charge is 0.164 e. The molecule has 1 saturated heterocycles. The molecule has 23 heavy (non-hydrogen) atoms. The van der Waals surface area contributed by atoms with E-state index in [4.69, 9.17) is 10.00 Å². The lowest BCUT2D eigenvalue weighted by Crippen LogP contribution is -2.40. The second kappa shape index (κ2) is 5.34. The minimum atomic E-state index is 0.342. The highest BCUT2D eigenvalue weighted by Crippen LogP contribution is 2.22. The van der Waals surface area contributed by atoms with E-state index in [9.17, 15) is 0 Å². The van der Waals surface area contributed by atoms with Crippen LogP contribution in [0, 0.1) is 18.3 Å². The molecule has 0 atom stereocenters. The number of rotatable bonds is 3. The molecule has 0 amide bonds. The number of anilines is 1. The molecule has 1 aliphatic rings. The van der Waals surface area contributed by atoms with Gasteiger partial charge in [-0.2, -0.15) is 15.0 Å². The largest absolute Gasteiger partial charge is 0.377 e. The molecule has 0 unspecified atom stereocenters. The number of nitrogens with one attached hydrogen (secondary N) is 1. The molecule has 0 bridgehead atoms. The average Bonchev–Trinajstić information content (AvgIpc) is 2.95. The number of hydrogen-bond acceptors (Lipinski definition) is 6. The van der Waals surface area contributed by atoms with E-state index < -0.39 is 0 Å². The summed E-state index contributed by atoms with van der Waals surface area (Å²) in [5.41, 5.74) is 3.27. The lowest BCUT2D eigenvalue weighted by Gasteiger charge is -2.28. The fraction of sp³-hybridized carbons (Fsp3) is 0.250. The molecule has 1 N–H and O–H groups in total. The molecule has 0 saturated carbocycles. The second-order valence-corrected chi connectivity index (χ2v) is 5.54. The Morgan fingerprint density at radius 1 is 1.26 bits per heavy atom. The number of nitriles is 1. The maximum absolute atomic E-state index is 8.95. The molecule has 1 aliphatic heterocycles. The Morgan fingerprint density at radius 3 is 2.87 bits per heavy atom. The third-order valence-corrected chi connectivity index (χ3v) is 3.84. The number of aryl methyl sites for hydroxylation is 1. The molecule has 4 rings (SSSR count).